The number of aliphatic hydroxyl groups excluding tert-OH is 1. The van der Waals surface area contributed by atoms with Gasteiger partial charge in [0.1, 0.15) is 18.1 Å². The van der Waals surface area contributed by atoms with Crippen molar-refractivity contribution >= 4 is 17.1 Å². The molecule has 0 bridgehead atoms. The number of hydrogen-bond donors (Lipinski definition) is 1. The van der Waals surface area contributed by atoms with Crippen molar-refractivity contribution in [1.82, 2.24) is 5.16 Å². The van der Waals surface area contributed by atoms with Crippen LogP contribution in [-0.2, 0) is 0 Å². The number of Topliss-reactive ketones (excluding diaryl/α,β-unsaturated/α-hetero) is 1. The van der Waals surface area contributed by atoms with Crippen LogP contribution in [0.25, 0.3) is 10.6 Å². The molecule has 0 amide bonds. The lowest BCUT2D eigenvalue weighted by Gasteiger charge is -1.88. The summed E-state index contributed by atoms with van der Waals surface area (Å²) in [7, 11) is 0. The van der Waals surface area contributed by atoms with E-state index in [0.717, 1.165) is 16.3 Å². The normalized spacial score (nSPS) is 10.5. The molecule has 0 atom stereocenters. The first kappa shape index (κ1) is 10.1. The van der Waals surface area contributed by atoms with Crippen molar-refractivity contribution in [3.63, 3.8) is 0 Å². The van der Waals surface area contributed by atoms with Crippen LogP contribution in [0.1, 0.15) is 15.4 Å². The molecule has 0 radical (unpaired) electrons. The van der Waals surface area contributed by atoms with Gasteiger partial charge < -0.3 is 9.63 Å². The van der Waals surface area contributed by atoms with Crippen molar-refractivity contribution in [2.45, 2.75) is 6.92 Å². The van der Waals surface area contributed by atoms with Crippen molar-refractivity contribution in [2.24, 2.45) is 0 Å². The third-order valence-corrected chi connectivity index (χ3v) is 3.05. The van der Waals surface area contributed by atoms with E-state index >= 15 is 0 Å². The Bertz CT molecular complexity index is 486. The second-order valence-electron chi connectivity index (χ2n) is 3.07. The second-order valence-corrected chi connectivity index (χ2v) is 4.15. The summed E-state index contributed by atoms with van der Waals surface area (Å²) in [5.41, 5.74) is 0.717. The van der Waals surface area contributed by atoms with E-state index in [-0.39, 0.29) is 5.78 Å². The Morgan fingerprint density at radius 3 is 3.00 bits per heavy atom. The first-order valence-electron chi connectivity index (χ1n) is 4.38. The predicted molar refractivity (Wildman–Crippen MR) is 56.0 cm³/mol. The molecule has 0 spiro atoms. The number of aliphatic hydroxyl groups is 1. The lowest BCUT2D eigenvalue weighted by molar-refractivity contribution is 0.0908. The third kappa shape index (κ3) is 1.98. The number of carbonyl (C=O) groups is 1. The van der Waals surface area contributed by atoms with Crippen molar-refractivity contribution < 1.29 is 14.4 Å². The molecule has 4 nitrogen and oxygen atoms in total. The molecule has 2 heterocycles. The van der Waals surface area contributed by atoms with Crippen LogP contribution in [-0.4, -0.2) is 22.7 Å². The van der Waals surface area contributed by atoms with Crippen LogP contribution in [0.4, 0.5) is 0 Å². The minimum Gasteiger partial charge on any atom is -0.388 e. The van der Waals surface area contributed by atoms with E-state index in [0.29, 0.717) is 4.88 Å². The fourth-order valence-corrected chi connectivity index (χ4v) is 2.07. The molecular formula is C10H9NO3S. The molecule has 78 valence electrons. The van der Waals surface area contributed by atoms with Gasteiger partial charge in [0.25, 0.3) is 0 Å². The lowest BCUT2D eigenvalue weighted by atomic mass is 10.3. The largest absolute Gasteiger partial charge is 0.388 e. The summed E-state index contributed by atoms with van der Waals surface area (Å²) in [6.45, 7) is 1.35. The summed E-state index contributed by atoms with van der Waals surface area (Å²) in [5, 5.41) is 12.5. The number of aromatic nitrogens is 1. The lowest BCUT2D eigenvalue weighted by Crippen LogP contribution is -2.00. The van der Waals surface area contributed by atoms with Gasteiger partial charge in [-0.2, -0.15) is 0 Å². The molecule has 0 fully saturated rings. The van der Waals surface area contributed by atoms with Crippen LogP contribution in [0.2, 0.25) is 0 Å². The maximum absolute atomic E-state index is 11.2. The van der Waals surface area contributed by atoms with Crippen molar-refractivity contribution in [3.05, 3.63) is 28.8 Å². The Labute approximate surface area is 90.1 Å². The molecule has 5 heteroatoms. The molecule has 2 rings (SSSR count). The molecule has 0 aliphatic heterocycles. The molecule has 1 N–H and O–H groups in total. The molecule has 0 saturated heterocycles. The van der Waals surface area contributed by atoms with Gasteiger partial charge in [-0.15, -0.1) is 11.3 Å². The summed E-state index contributed by atoms with van der Waals surface area (Å²) >= 11 is 1.30. The van der Waals surface area contributed by atoms with Gasteiger partial charge in [-0.05, 0) is 19.1 Å². The molecule has 15 heavy (non-hydrogen) atoms. The molecule has 0 aromatic carbocycles. The zero-order valence-corrected chi connectivity index (χ0v) is 8.87. The van der Waals surface area contributed by atoms with E-state index in [1.54, 1.807) is 18.2 Å². The third-order valence-electron chi connectivity index (χ3n) is 1.90. The van der Waals surface area contributed by atoms with Gasteiger partial charge >= 0.3 is 0 Å². The first-order valence-corrected chi connectivity index (χ1v) is 5.20. The number of thiophene rings is 1. The number of carbonyl (C=O) groups excluding carboxylic acids is 1. The Hall–Kier alpha value is -1.46. The molecular weight excluding hydrogens is 214 g/mol. The monoisotopic (exact) mass is 223 g/mol. The SMILES string of the molecule is Cc1cc(-c2ccc(C(=O)CO)s2)no1. The minimum atomic E-state index is -0.461. The van der Waals surface area contributed by atoms with E-state index < -0.39 is 6.61 Å². The van der Waals surface area contributed by atoms with Crippen LogP contribution in [0.3, 0.4) is 0 Å². The fourth-order valence-electron chi connectivity index (χ4n) is 1.19. The van der Waals surface area contributed by atoms with E-state index in [4.69, 9.17) is 9.63 Å². The Morgan fingerprint density at radius 2 is 2.40 bits per heavy atom. The van der Waals surface area contributed by atoms with E-state index in [9.17, 15) is 4.79 Å². The second kappa shape index (κ2) is 3.96. The molecule has 2 aromatic heterocycles. The highest BCUT2D eigenvalue weighted by Crippen LogP contribution is 2.27. The Kier molecular flexibility index (Phi) is 2.66. The van der Waals surface area contributed by atoms with Gasteiger partial charge in [0.05, 0.1) is 9.75 Å². The number of aryl methyl sites for hydroxylation is 1. The summed E-state index contributed by atoms with van der Waals surface area (Å²) < 4.78 is 4.94. The van der Waals surface area contributed by atoms with Gasteiger partial charge in [-0.3, -0.25) is 4.79 Å². The number of rotatable bonds is 3. The fraction of sp³-hybridized carbons (Fsp3) is 0.200. The Balaban J connectivity index is 2.31. The zero-order valence-electron chi connectivity index (χ0n) is 8.06. The topological polar surface area (TPSA) is 63.3 Å². The average molecular weight is 223 g/mol. The van der Waals surface area contributed by atoms with E-state index in [1.807, 2.05) is 6.92 Å². The van der Waals surface area contributed by atoms with Gasteiger partial charge in [0.15, 0.2) is 5.78 Å². The highest BCUT2D eigenvalue weighted by atomic mass is 32.1. The first-order chi connectivity index (χ1) is 7.20. The number of hydrogen-bond acceptors (Lipinski definition) is 5. The van der Waals surface area contributed by atoms with Gasteiger partial charge in [-0.1, -0.05) is 5.16 Å². The quantitative estimate of drug-likeness (QED) is 0.807. The molecule has 0 aliphatic carbocycles. The average Bonchev–Trinajstić information content (AvgIpc) is 2.84. The molecule has 0 aliphatic rings. The number of ketones is 1. The van der Waals surface area contributed by atoms with Crippen LogP contribution in [0, 0.1) is 6.92 Å². The zero-order chi connectivity index (χ0) is 10.8. The summed E-state index contributed by atoms with van der Waals surface area (Å²) in [6.07, 6.45) is 0. The highest BCUT2D eigenvalue weighted by Gasteiger charge is 2.11. The smallest absolute Gasteiger partial charge is 0.198 e. The standard InChI is InChI=1S/C10H9NO3S/c1-6-4-7(11-14-6)9-2-3-10(15-9)8(13)5-12/h2-4,12H,5H2,1H3. The van der Waals surface area contributed by atoms with Crippen LogP contribution < -0.4 is 0 Å². The van der Waals surface area contributed by atoms with Crippen LogP contribution >= 0.6 is 11.3 Å². The van der Waals surface area contributed by atoms with Crippen molar-refractivity contribution in [2.75, 3.05) is 6.61 Å². The van der Waals surface area contributed by atoms with Gasteiger partial charge in [-0.25, -0.2) is 0 Å². The van der Waals surface area contributed by atoms with Gasteiger partial charge in [0, 0.05) is 6.07 Å². The summed E-state index contributed by atoms with van der Waals surface area (Å²) in [4.78, 5) is 12.6. The Morgan fingerprint density at radius 1 is 1.60 bits per heavy atom. The van der Waals surface area contributed by atoms with Gasteiger partial charge in [0.2, 0.25) is 0 Å². The number of nitrogens with zero attached hydrogens (tertiary/aromatic N) is 1. The maximum atomic E-state index is 11.2. The predicted octanol–water partition coefficient (Wildman–Crippen LogP) is 1.89. The van der Waals surface area contributed by atoms with Crippen molar-refractivity contribution in [1.29, 1.82) is 0 Å². The summed E-state index contributed by atoms with van der Waals surface area (Å²) in [6, 6.07) is 5.28. The minimum absolute atomic E-state index is 0.272. The van der Waals surface area contributed by atoms with Crippen LogP contribution in [0.5, 0.6) is 0 Å². The maximum Gasteiger partial charge on any atom is 0.198 e. The molecule has 0 unspecified atom stereocenters. The van der Waals surface area contributed by atoms with Crippen LogP contribution in [0.15, 0.2) is 22.7 Å². The summed E-state index contributed by atoms with van der Waals surface area (Å²) in [5.74, 6) is 0.458. The molecule has 0 saturated carbocycles. The van der Waals surface area contributed by atoms with E-state index in [2.05, 4.69) is 5.16 Å². The highest BCUT2D eigenvalue weighted by molar-refractivity contribution is 7.17. The molecule has 2 aromatic rings. The van der Waals surface area contributed by atoms with Crippen molar-refractivity contribution in [3.8, 4) is 10.6 Å². The van der Waals surface area contributed by atoms with E-state index in [1.165, 1.54) is 11.3 Å².